The second-order valence-electron chi connectivity index (χ2n) is 13.2. The maximum atomic E-state index is 9.77. The van der Waals surface area contributed by atoms with E-state index in [0.717, 1.165) is 42.4 Å². The molecule has 0 bridgehead atoms. The quantitative estimate of drug-likeness (QED) is 0.170. The first-order chi connectivity index (χ1) is 31.9. The second kappa shape index (κ2) is 13.3. The monoisotopic (exact) mass is 742 g/mol. The highest BCUT2D eigenvalue weighted by Crippen LogP contribution is 2.43. The van der Waals surface area contributed by atoms with Crippen molar-refractivity contribution < 1.29 is 13.7 Å². The minimum absolute atomic E-state index is 0.0143. The van der Waals surface area contributed by atoms with E-state index in [-0.39, 0.29) is 69.0 Å². The molecule has 11 rings (SSSR count). The fourth-order valence-corrected chi connectivity index (χ4v) is 8.59. The predicted molar refractivity (Wildman–Crippen MR) is 234 cm³/mol. The first kappa shape index (κ1) is 23.5. The lowest BCUT2D eigenvalue weighted by Crippen LogP contribution is -2.04. The van der Waals surface area contributed by atoms with Crippen LogP contribution in [0.3, 0.4) is 0 Å². The normalized spacial score (nSPS) is 14.1. The van der Waals surface area contributed by atoms with Gasteiger partial charge in [0.1, 0.15) is 0 Å². The van der Waals surface area contributed by atoms with Crippen molar-refractivity contribution in [1.29, 1.82) is 0 Å². The number of nitrogens with zero attached hydrogens (tertiary/aromatic N) is 4. The Kier molecular flexibility index (Phi) is 5.58. The maximum absolute atomic E-state index is 9.77. The summed E-state index contributed by atoms with van der Waals surface area (Å²) in [6.07, 6.45) is 0. The van der Waals surface area contributed by atoms with Crippen LogP contribution >= 0.6 is 11.3 Å². The summed E-state index contributed by atoms with van der Waals surface area (Å²) in [6, 6.07) is 37.6. The van der Waals surface area contributed by atoms with E-state index in [0.29, 0.717) is 22.9 Å². The number of para-hydroxylation sites is 1. The number of benzene rings is 8. The minimum atomic E-state index is -0.599. The van der Waals surface area contributed by atoms with Crippen LogP contribution in [0.5, 0.6) is 0 Å². The molecule has 0 radical (unpaired) electrons. The van der Waals surface area contributed by atoms with Gasteiger partial charge in [0.05, 0.1) is 30.4 Å². The van der Waals surface area contributed by atoms with E-state index in [1.165, 1.54) is 12.1 Å². The number of fused-ring (bicyclic) bond motifs is 6. The van der Waals surface area contributed by atoms with Gasteiger partial charge in [-0.15, -0.1) is 11.3 Å². The van der Waals surface area contributed by atoms with Gasteiger partial charge in [-0.05, 0) is 58.6 Å². The number of aromatic nitrogens is 4. The Labute approximate surface area is 341 Å². The molecule has 0 saturated heterocycles. The van der Waals surface area contributed by atoms with Crippen molar-refractivity contribution in [3.63, 3.8) is 0 Å². The van der Waals surface area contributed by atoms with Gasteiger partial charge in [0.25, 0.3) is 0 Å². The molecule has 0 spiro atoms. The van der Waals surface area contributed by atoms with Gasteiger partial charge < -0.3 is 4.57 Å². The summed E-state index contributed by atoms with van der Waals surface area (Å²) in [5, 5.41) is 2.25. The van der Waals surface area contributed by atoms with Gasteiger partial charge in [0.2, 0.25) is 0 Å². The zero-order valence-electron chi connectivity index (χ0n) is 39.4. The van der Waals surface area contributed by atoms with Crippen molar-refractivity contribution in [3.05, 3.63) is 194 Å². The Morgan fingerprint density at radius 1 is 0.429 bits per heavy atom. The first-order valence-corrected chi connectivity index (χ1v) is 18.8. The molecular formula is C51H32N4S. The first-order valence-electron chi connectivity index (χ1n) is 23.0. The zero-order chi connectivity index (χ0) is 45.7. The third kappa shape index (κ3) is 5.40. The summed E-state index contributed by atoms with van der Waals surface area (Å²) in [4.78, 5) is 15.1. The van der Waals surface area contributed by atoms with Gasteiger partial charge >= 0.3 is 0 Å². The van der Waals surface area contributed by atoms with Gasteiger partial charge in [-0.1, -0.05) is 158 Å². The minimum Gasteiger partial charge on any atom is -0.308 e. The van der Waals surface area contributed by atoms with Crippen LogP contribution in [0.4, 0.5) is 0 Å². The highest BCUT2D eigenvalue weighted by atomic mass is 32.1. The van der Waals surface area contributed by atoms with Crippen molar-refractivity contribution in [1.82, 2.24) is 19.5 Å². The molecule has 8 aromatic carbocycles. The van der Waals surface area contributed by atoms with E-state index in [4.69, 9.17) is 23.2 Å². The Morgan fingerprint density at radius 3 is 1.91 bits per heavy atom. The van der Waals surface area contributed by atoms with E-state index in [1.807, 2.05) is 103 Å². The van der Waals surface area contributed by atoms with Crippen molar-refractivity contribution >= 4 is 53.3 Å². The highest BCUT2D eigenvalue weighted by Gasteiger charge is 2.21. The van der Waals surface area contributed by atoms with Crippen LogP contribution in [-0.2, 0) is 0 Å². The fraction of sp³-hybridized carbons (Fsp3) is 0. The molecular weight excluding hydrogens is 701 g/mol. The van der Waals surface area contributed by atoms with E-state index in [2.05, 4.69) is 18.2 Å². The van der Waals surface area contributed by atoms with E-state index in [9.17, 15) is 5.48 Å². The number of thiophene rings is 1. The fourth-order valence-electron chi connectivity index (χ4n) is 7.35. The Morgan fingerprint density at radius 2 is 1.12 bits per heavy atom. The summed E-state index contributed by atoms with van der Waals surface area (Å²) in [7, 11) is 0. The Bertz CT molecular complexity index is 3750. The third-order valence-corrected chi connectivity index (χ3v) is 11.1. The van der Waals surface area contributed by atoms with Gasteiger partial charge in [0.15, 0.2) is 17.5 Å². The van der Waals surface area contributed by atoms with Gasteiger partial charge in [0, 0.05) is 47.6 Å². The summed E-state index contributed by atoms with van der Waals surface area (Å²) in [5.41, 5.74) is 3.92. The molecule has 11 aromatic rings. The van der Waals surface area contributed by atoms with Gasteiger partial charge in [-0.2, -0.15) is 0 Å². The van der Waals surface area contributed by atoms with E-state index < -0.39 is 30.2 Å². The average Bonchev–Trinajstić information content (AvgIpc) is 3.92. The van der Waals surface area contributed by atoms with Crippen molar-refractivity contribution in [2.45, 2.75) is 0 Å². The number of hydrogen-bond donors (Lipinski definition) is 0. The largest absolute Gasteiger partial charge is 0.308 e. The van der Waals surface area contributed by atoms with Crippen molar-refractivity contribution in [2.24, 2.45) is 0 Å². The van der Waals surface area contributed by atoms with Crippen LogP contribution in [-0.4, -0.2) is 19.5 Å². The second-order valence-corrected chi connectivity index (χ2v) is 14.3. The molecule has 0 amide bonds. The molecule has 3 aromatic heterocycles. The lowest BCUT2D eigenvalue weighted by atomic mass is 9.99. The van der Waals surface area contributed by atoms with Crippen LogP contribution in [0.15, 0.2) is 194 Å². The van der Waals surface area contributed by atoms with Crippen LogP contribution in [0.25, 0.3) is 104 Å². The lowest BCUT2D eigenvalue weighted by Gasteiger charge is -2.17. The molecule has 0 N–H and O–H groups in total. The molecule has 56 heavy (non-hydrogen) atoms. The summed E-state index contributed by atoms with van der Waals surface area (Å²) in [5.74, 6) is 1.07. The Balaban J connectivity index is 1.29. The smallest absolute Gasteiger partial charge is 0.166 e. The van der Waals surface area contributed by atoms with E-state index >= 15 is 0 Å². The molecule has 262 valence electrons. The highest BCUT2D eigenvalue weighted by molar-refractivity contribution is 7.26. The van der Waals surface area contributed by atoms with Gasteiger partial charge in [-0.25, -0.2) is 15.0 Å². The SMILES string of the molecule is [2H]c1cc([2H])c2c(c1[2H])c1c([2H])c(-c3c([2H])c([2H])c([2H])c([2H])c3[2H])cc([2H])c1n2-c1cc(-c2cccc3c2sc2ccccc23)ccc1-c1nc(-c2ccccc2)nc(-c2ccccc2)n1. The summed E-state index contributed by atoms with van der Waals surface area (Å²) < 4.78 is 93.6. The predicted octanol–water partition coefficient (Wildman–Crippen LogP) is 13.7. The summed E-state index contributed by atoms with van der Waals surface area (Å²) >= 11 is 1.67. The van der Waals surface area contributed by atoms with Gasteiger partial charge in [-0.3, -0.25) is 0 Å². The molecule has 0 aliphatic rings. The number of hydrogen-bond acceptors (Lipinski definition) is 4. The molecule has 0 aliphatic heterocycles. The molecule has 3 heterocycles. The van der Waals surface area contributed by atoms with E-state index in [1.54, 1.807) is 15.9 Å². The standard InChI is InChI=1S/C51H32N4S/c1-4-15-33(16-5-1)36-28-30-45-43(31-36)39-21-10-12-25-44(39)55(45)46-32-37(38-23-14-24-41-40-22-11-13-26-47(40)56-48(38)41)27-29-42(46)51-53-49(34-17-6-2-7-18-34)52-50(54-51)35-19-8-3-9-20-35/h1-32H/i1D,4D,5D,10D,15D,16D,21D,25D,30D,31D. The van der Waals surface area contributed by atoms with Crippen molar-refractivity contribution in [2.75, 3.05) is 0 Å². The molecule has 0 aliphatic carbocycles. The lowest BCUT2D eigenvalue weighted by molar-refractivity contribution is 1.06. The third-order valence-electron chi connectivity index (χ3n) is 9.93. The molecule has 0 fully saturated rings. The molecule has 0 atom stereocenters. The topological polar surface area (TPSA) is 43.6 Å². The molecule has 0 unspecified atom stereocenters. The van der Waals surface area contributed by atoms with Crippen LogP contribution in [0.2, 0.25) is 0 Å². The Hall–Kier alpha value is -7.21. The molecule has 0 saturated carbocycles. The average molecular weight is 743 g/mol. The zero-order valence-corrected chi connectivity index (χ0v) is 30.2. The number of rotatable bonds is 6. The maximum Gasteiger partial charge on any atom is 0.166 e. The van der Waals surface area contributed by atoms with Crippen molar-refractivity contribution in [3.8, 4) is 62.1 Å². The molecule has 5 heteroatoms. The summed E-state index contributed by atoms with van der Waals surface area (Å²) in [6.45, 7) is 0. The van der Waals surface area contributed by atoms with Crippen LogP contribution in [0, 0.1) is 0 Å². The van der Waals surface area contributed by atoms with Crippen LogP contribution in [0.1, 0.15) is 13.7 Å². The molecule has 4 nitrogen and oxygen atoms in total. The van der Waals surface area contributed by atoms with Crippen LogP contribution < -0.4 is 0 Å².